The summed E-state index contributed by atoms with van der Waals surface area (Å²) in [6, 6.07) is 0. The molecular weight excluding hydrogens is 330 g/mol. The van der Waals surface area contributed by atoms with Gasteiger partial charge in [0.2, 0.25) is 0 Å². The van der Waals surface area contributed by atoms with Gasteiger partial charge >= 0.3 is 11.9 Å². The molecule has 2 amide bonds. The molecule has 0 saturated carbocycles. The SMILES string of the molecule is CCCCOC(C)(C)CCOC(=O)CCC(=O)ON1C(=O)CCC1=O. The van der Waals surface area contributed by atoms with Crippen LogP contribution in [0.25, 0.3) is 0 Å². The molecule has 0 N–H and O–H groups in total. The van der Waals surface area contributed by atoms with Crippen molar-refractivity contribution in [1.82, 2.24) is 5.06 Å². The van der Waals surface area contributed by atoms with Crippen molar-refractivity contribution in [3.63, 3.8) is 0 Å². The van der Waals surface area contributed by atoms with Crippen LogP contribution >= 0.6 is 0 Å². The van der Waals surface area contributed by atoms with Crippen LogP contribution in [0.2, 0.25) is 0 Å². The van der Waals surface area contributed by atoms with Gasteiger partial charge in [-0.15, -0.1) is 5.06 Å². The van der Waals surface area contributed by atoms with Gasteiger partial charge in [0.1, 0.15) is 0 Å². The van der Waals surface area contributed by atoms with Gasteiger partial charge in [-0.05, 0) is 20.3 Å². The smallest absolute Gasteiger partial charge is 0.333 e. The summed E-state index contributed by atoms with van der Waals surface area (Å²) in [6.45, 7) is 6.79. The van der Waals surface area contributed by atoms with Gasteiger partial charge < -0.3 is 14.3 Å². The van der Waals surface area contributed by atoms with Crippen LogP contribution in [-0.4, -0.2) is 47.6 Å². The zero-order valence-electron chi connectivity index (χ0n) is 15.2. The average molecular weight is 357 g/mol. The molecular formula is C17H27NO7. The number of esters is 1. The fourth-order valence-electron chi connectivity index (χ4n) is 2.06. The highest BCUT2D eigenvalue weighted by molar-refractivity contribution is 6.01. The molecule has 1 rings (SSSR count). The molecule has 1 saturated heterocycles. The molecule has 0 aliphatic carbocycles. The Balaban J connectivity index is 2.18. The monoisotopic (exact) mass is 357 g/mol. The summed E-state index contributed by atoms with van der Waals surface area (Å²) < 4.78 is 10.8. The molecule has 8 heteroatoms. The Morgan fingerprint density at radius 1 is 1.04 bits per heavy atom. The molecule has 1 aliphatic rings. The van der Waals surface area contributed by atoms with E-state index in [9.17, 15) is 19.2 Å². The molecule has 1 aliphatic heterocycles. The van der Waals surface area contributed by atoms with Gasteiger partial charge in [0.25, 0.3) is 11.8 Å². The normalized spacial score (nSPS) is 14.8. The molecule has 0 unspecified atom stereocenters. The lowest BCUT2D eigenvalue weighted by atomic mass is 10.1. The van der Waals surface area contributed by atoms with E-state index in [1.54, 1.807) is 0 Å². The van der Waals surface area contributed by atoms with E-state index in [4.69, 9.17) is 9.47 Å². The Morgan fingerprint density at radius 2 is 1.64 bits per heavy atom. The number of ether oxygens (including phenoxy) is 2. The Labute approximate surface area is 147 Å². The molecule has 1 fully saturated rings. The predicted octanol–water partition coefficient (Wildman–Crippen LogP) is 1.90. The van der Waals surface area contributed by atoms with Crippen molar-refractivity contribution in [3.8, 4) is 0 Å². The summed E-state index contributed by atoms with van der Waals surface area (Å²) >= 11 is 0. The lowest BCUT2D eigenvalue weighted by Crippen LogP contribution is -2.32. The number of nitrogens with zero attached hydrogens (tertiary/aromatic N) is 1. The van der Waals surface area contributed by atoms with E-state index in [2.05, 4.69) is 11.8 Å². The number of carbonyl (C=O) groups excluding carboxylic acids is 4. The molecule has 8 nitrogen and oxygen atoms in total. The summed E-state index contributed by atoms with van der Waals surface area (Å²) in [4.78, 5) is 50.5. The number of unbranched alkanes of at least 4 members (excludes halogenated alkanes) is 1. The van der Waals surface area contributed by atoms with Crippen molar-refractivity contribution in [2.75, 3.05) is 13.2 Å². The number of hydroxylamine groups is 2. The van der Waals surface area contributed by atoms with Crippen molar-refractivity contribution < 1.29 is 33.5 Å². The maximum atomic E-state index is 11.6. The van der Waals surface area contributed by atoms with Gasteiger partial charge in [-0.1, -0.05) is 13.3 Å². The highest BCUT2D eigenvalue weighted by Crippen LogP contribution is 2.16. The highest BCUT2D eigenvalue weighted by atomic mass is 16.7. The van der Waals surface area contributed by atoms with Crippen LogP contribution in [-0.2, 0) is 33.5 Å². The van der Waals surface area contributed by atoms with E-state index in [1.807, 2.05) is 13.8 Å². The van der Waals surface area contributed by atoms with E-state index in [1.165, 1.54) is 0 Å². The molecule has 142 valence electrons. The van der Waals surface area contributed by atoms with Crippen LogP contribution in [0.5, 0.6) is 0 Å². The average Bonchev–Trinajstić information content (AvgIpc) is 2.85. The summed E-state index contributed by atoms with van der Waals surface area (Å²) in [6.07, 6.45) is 2.21. The first-order chi connectivity index (χ1) is 11.7. The lowest BCUT2D eigenvalue weighted by molar-refractivity contribution is -0.197. The van der Waals surface area contributed by atoms with Gasteiger partial charge in [-0.2, -0.15) is 0 Å². The number of imide groups is 1. The first-order valence-corrected chi connectivity index (χ1v) is 8.61. The van der Waals surface area contributed by atoms with Crippen LogP contribution in [0.3, 0.4) is 0 Å². The van der Waals surface area contributed by atoms with E-state index in [0.717, 1.165) is 12.8 Å². The van der Waals surface area contributed by atoms with Crippen LogP contribution < -0.4 is 0 Å². The third-order valence-electron chi connectivity index (χ3n) is 3.69. The molecule has 0 bridgehead atoms. The highest BCUT2D eigenvalue weighted by Gasteiger charge is 2.32. The minimum atomic E-state index is -0.816. The largest absolute Gasteiger partial charge is 0.466 e. The summed E-state index contributed by atoms with van der Waals surface area (Å²) in [7, 11) is 0. The van der Waals surface area contributed by atoms with Crippen molar-refractivity contribution >= 4 is 23.8 Å². The summed E-state index contributed by atoms with van der Waals surface area (Å²) in [5.41, 5.74) is -0.384. The summed E-state index contributed by atoms with van der Waals surface area (Å²) in [5, 5.41) is 0.462. The van der Waals surface area contributed by atoms with Crippen LogP contribution in [0, 0.1) is 0 Å². The second-order valence-electron chi connectivity index (χ2n) is 6.48. The third-order valence-corrected chi connectivity index (χ3v) is 3.69. The Kier molecular flexibility index (Phi) is 8.54. The summed E-state index contributed by atoms with van der Waals surface area (Å²) in [5.74, 6) is -2.46. The standard InChI is InChI=1S/C17H27NO7/c1-4-5-11-24-17(2,3)10-12-23-15(21)8-9-16(22)25-18-13(19)6-7-14(18)20/h4-12H2,1-3H3. The third kappa shape index (κ3) is 8.11. The first-order valence-electron chi connectivity index (χ1n) is 8.61. The fourth-order valence-corrected chi connectivity index (χ4v) is 2.06. The molecule has 0 atom stereocenters. The fraction of sp³-hybridized carbons (Fsp3) is 0.765. The zero-order chi connectivity index (χ0) is 18.9. The van der Waals surface area contributed by atoms with Crippen LogP contribution in [0.15, 0.2) is 0 Å². The topological polar surface area (TPSA) is 99.2 Å². The number of amides is 2. The molecule has 25 heavy (non-hydrogen) atoms. The quantitative estimate of drug-likeness (QED) is 0.316. The molecule has 1 heterocycles. The van der Waals surface area contributed by atoms with E-state index in [-0.39, 0.29) is 37.9 Å². The van der Waals surface area contributed by atoms with E-state index in [0.29, 0.717) is 18.1 Å². The molecule has 0 aromatic heterocycles. The Hall–Kier alpha value is -1.96. The van der Waals surface area contributed by atoms with Gasteiger partial charge in [-0.3, -0.25) is 14.4 Å². The predicted molar refractivity (Wildman–Crippen MR) is 86.9 cm³/mol. The lowest BCUT2D eigenvalue weighted by Gasteiger charge is -2.25. The first kappa shape index (κ1) is 21.1. The van der Waals surface area contributed by atoms with Crippen molar-refractivity contribution in [2.24, 2.45) is 0 Å². The van der Waals surface area contributed by atoms with E-state index < -0.39 is 23.8 Å². The van der Waals surface area contributed by atoms with Crippen LogP contribution in [0.1, 0.15) is 65.7 Å². The zero-order valence-corrected chi connectivity index (χ0v) is 15.2. The molecule has 0 spiro atoms. The maximum Gasteiger partial charge on any atom is 0.333 e. The van der Waals surface area contributed by atoms with Gasteiger partial charge in [-0.25, -0.2) is 4.79 Å². The van der Waals surface area contributed by atoms with Gasteiger partial charge in [0.15, 0.2) is 0 Å². The Morgan fingerprint density at radius 3 is 2.24 bits per heavy atom. The number of carbonyl (C=O) groups is 4. The molecule has 0 aromatic carbocycles. The van der Waals surface area contributed by atoms with Crippen molar-refractivity contribution in [1.29, 1.82) is 0 Å². The molecule has 0 aromatic rings. The second-order valence-corrected chi connectivity index (χ2v) is 6.48. The van der Waals surface area contributed by atoms with Crippen LogP contribution in [0.4, 0.5) is 0 Å². The minimum absolute atomic E-state index is 0.0320. The van der Waals surface area contributed by atoms with Gasteiger partial charge in [0, 0.05) is 25.9 Å². The second kappa shape index (κ2) is 10.1. The number of hydrogen-bond donors (Lipinski definition) is 0. The Bertz CT molecular complexity index is 485. The van der Waals surface area contributed by atoms with Crippen molar-refractivity contribution in [2.45, 2.75) is 71.3 Å². The van der Waals surface area contributed by atoms with E-state index >= 15 is 0 Å². The minimum Gasteiger partial charge on any atom is -0.466 e. The number of rotatable bonds is 11. The molecule has 0 radical (unpaired) electrons. The number of hydrogen-bond acceptors (Lipinski definition) is 7. The van der Waals surface area contributed by atoms with Crippen molar-refractivity contribution in [3.05, 3.63) is 0 Å². The van der Waals surface area contributed by atoms with Gasteiger partial charge in [0.05, 0.1) is 25.0 Å². The maximum absolute atomic E-state index is 11.6.